The van der Waals surface area contributed by atoms with E-state index < -0.39 is 5.91 Å². The molecule has 0 aliphatic heterocycles. The number of amides is 2. The minimum atomic E-state index is -0.561. The molecule has 1 heterocycles. The Morgan fingerprint density at radius 1 is 1.13 bits per heavy atom. The van der Waals surface area contributed by atoms with Crippen molar-refractivity contribution in [2.24, 2.45) is 5.73 Å². The van der Waals surface area contributed by atoms with Gasteiger partial charge in [-0.1, -0.05) is 53.8 Å². The van der Waals surface area contributed by atoms with Crippen LogP contribution in [-0.4, -0.2) is 16.8 Å². The SMILES string of the molecule is NC(=O)c1cnc(NC(=O)/C=C/c2cccc3ccccc23)s1. The molecule has 0 unspecified atom stereocenters. The lowest BCUT2D eigenvalue weighted by molar-refractivity contribution is -0.111. The van der Waals surface area contributed by atoms with E-state index >= 15 is 0 Å². The number of hydrogen-bond acceptors (Lipinski definition) is 4. The van der Waals surface area contributed by atoms with E-state index in [1.807, 2.05) is 42.5 Å². The van der Waals surface area contributed by atoms with Crippen molar-refractivity contribution in [1.82, 2.24) is 4.98 Å². The fraction of sp³-hybridized carbons (Fsp3) is 0. The highest BCUT2D eigenvalue weighted by Gasteiger charge is 2.08. The molecule has 3 rings (SSSR count). The van der Waals surface area contributed by atoms with E-state index in [1.54, 1.807) is 6.08 Å². The Balaban J connectivity index is 1.76. The molecule has 0 spiro atoms. The number of nitrogens with one attached hydrogen (secondary N) is 1. The molecule has 2 amide bonds. The third kappa shape index (κ3) is 3.44. The van der Waals surface area contributed by atoms with Gasteiger partial charge < -0.3 is 5.73 Å². The van der Waals surface area contributed by atoms with Crippen LogP contribution in [0, 0.1) is 0 Å². The lowest BCUT2D eigenvalue weighted by Gasteiger charge is -2.01. The van der Waals surface area contributed by atoms with E-state index in [0.717, 1.165) is 27.7 Å². The first-order valence-corrected chi connectivity index (χ1v) is 7.67. The number of rotatable bonds is 4. The molecule has 0 fully saturated rings. The van der Waals surface area contributed by atoms with Crippen LogP contribution in [0.1, 0.15) is 15.2 Å². The Bertz CT molecular complexity index is 910. The molecular weight excluding hydrogens is 310 g/mol. The Hall–Kier alpha value is -2.99. The molecule has 3 aromatic rings. The maximum Gasteiger partial charge on any atom is 0.260 e. The number of hydrogen-bond donors (Lipinski definition) is 2. The van der Waals surface area contributed by atoms with Crippen LogP contribution in [0.4, 0.5) is 5.13 Å². The van der Waals surface area contributed by atoms with E-state index in [2.05, 4.69) is 10.3 Å². The van der Waals surface area contributed by atoms with Crippen LogP contribution in [0.2, 0.25) is 0 Å². The minimum absolute atomic E-state index is 0.304. The summed E-state index contributed by atoms with van der Waals surface area (Å²) in [5.41, 5.74) is 6.10. The highest BCUT2D eigenvalue weighted by atomic mass is 32.1. The molecule has 1 aromatic heterocycles. The van der Waals surface area contributed by atoms with Crippen LogP contribution in [0.3, 0.4) is 0 Å². The number of primary amides is 1. The summed E-state index contributed by atoms with van der Waals surface area (Å²) in [5.74, 6) is -0.877. The third-order valence-electron chi connectivity index (χ3n) is 3.22. The molecule has 0 atom stereocenters. The first-order valence-electron chi connectivity index (χ1n) is 6.86. The van der Waals surface area contributed by atoms with Gasteiger partial charge >= 0.3 is 0 Å². The second kappa shape index (κ2) is 6.41. The third-order valence-corrected chi connectivity index (χ3v) is 4.14. The summed E-state index contributed by atoms with van der Waals surface area (Å²) in [4.78, 5) is 27.2. The summed E-state index contributed by atoms with van der Waals surface area (Å²) in [5, 5.41) is 5.13. The summed E-state index contributed by atoms with van der Waals surface area (Å²) in [7, 11) is 0. The fourth-order valence-corrected chi connectivity index (χ4v) is 2.83. The van der Waals surface area contributed by atoms with Gasteiger partial charge in [-0.2, -0.15) is 0 Å². The molecule has 0 aliphatic rings. The predicted molar refractivity (Wildman–Crippen MR) is 92.2 cm³/mol. The maximum absolute atomic E-state index is 12.0. The Labute approximate surface area is 136 Å². The largest absolute Gasteiger partial charge is 0.365 e. The summed E-state index contributed by atoms with van der Waals surface area (Å²) in [6, 6.07) is 13.9. The molecular formula is C17H13N3O2S. The van der Waals surface area contributed by atoms with Crippen molar-refractivity contribution in [2.75, 3.05) is 5.32 Å². The fourth-order valence-electron chi connectivity index (χ4n) is 2.15. The summed E-state index contributed by atoms with van der Waals surface area (Å²) in [6.07, 6.45) is 4.53. The van der Waals surface area contributed by atoms with Gasteiger partial charge in [0.25, 0.3) is 5.91 Å². The standard InChI is InChI=1S/C17H13N3O2S/c18-16(22)14-10-19-17(23-14)20-15(21)9-8-12-6-3-5-11-4-1-2-7-13(11)12/h1-10H,(H2,18,22)(H,19,20,21)/b9-8+. The number of nitrogens with zero attached hydrogens (tertiary/aromatic N) is 1. The van der Waals surface area contributed by atoms with Crippen molar-refractivity contribution in [3.05, 3.63) is 65.2 Å². The minimum Gasteiger partial charge on any atom is -0.365 e. The van der Waals surface area contributed by atoms with Crippen LogP contribution < -0.4 is 11.1 Å². The zero-order valence-electron chi connectivity index (χ0n) is 12.0. The van der Waals surface area contributed by atoms with Gasteiger partial charge in [-0.25, -0.2) is 4.98 Å². The van der Waals surface area contributed by atoms with E-state index in [9.17, 15) is 9.59 Å². The molecule has 0 saturated heterocycles. The highest BCUT2D eigenvalue weighted by molar-refractivity contribution is 7.17. The molecule has 5 nitrogen and oxygen atoms in total. The molecule has 23 heavy (non-hydrogen) atoms. The Kier molecular flexibility index (Phi) is 4.16. The van der Waals surface area contributed by atoms with Gasteiger partial charge in [0, 0.05) is 6.08 Å². The zero-order valence-corrected chi connectivity index (χ0v) is 12.8. The lowest BCUT2D eigenvalue weighted by atomic mass is 10.0. The topological polar surface area (TPSA) is 85.1 Å². The molecule has 6 heteroatoms. The van der Waals surface area contributed by atoms with E-state index in [4.69, 9.17) is 5.73 Å². The number of carbonyl (C=O) groups excluding carboxylic acids is 2. The van der Waals surface area contributed by atoms with Crippen molar-refractivity contribution < 1.29 is 9.59 Å². The Morgan fingerprint density at radius 3 is 2.70 bits per heavy atom. The zero-order chi connectivity index (χ0) is 16.2. The summed E-state index contributed by atoms with van der Waals surface area (Å²) < 4.78 is 0. The number of carbonyl (C=O) groups is 2. The molecule has 0 saturated carbocycles. The van der Waals surface area contributed by atoms with Gasteiger partial charge in [-0.3, -0.25) is 14.9 Å². The first-order chi connectivity index (χ1) is 11.1. The van der Waals surface area contributed by atoms with Gasteiger partial charge in [-0.05, 0) is 22.4 Å². The second-order valence-corrected chi connectivity index (χ2v) is 5.82. The summed E-state index contributed by atoms with van der Waals surface area (Å²) in [6.45, 7) is 0. The Morgan fingerprint density at radius 2 is 1.91 bits per heavy atom. The molecule has 2 aromatic carbocycles. The number of thiazole rings is 1. The van der Waals surface area contributed by atoms with E-state index in [0.29, 0.717) is 10.0 Å². The molecule has 0 aliphatic carbocycles. The average Bonchev–Trinajstić information content (AvgIpc) is 3.01. The average molecular weight is 323 g/mol. The number of anilines is 1. The van der Waals surface area contributed by atoms with Gasteiger partial charge in [-0.15, -0.1) is 0 Å². The van der Waals surface area contributed by atoms with Gasteiger partial charge in [0.05, 0.1) is 6.20 Å². The summed E-state index contributed by atoms with van der Waals surface area (Å²) >= 11 is 1.04. The number of nitrogens with two attached hydrogens (primary N) is 1. The van der Waals surface area contributed by atoms with Gasteiger partial charge in [0.15, 0.2) is 5.13 Å². The lowest BCUT2D eigenvalue weighted by Crippen LogP contribution is -2.08. The number of aromatic nitrogens is 1. The second-order valence-electron chi connectivity index (χ2n) is 4.78. The van der Waals surface area contributed by atoms with Gasteiger partial charge in [0.1, 0.15) is 4.88 Å². The van der Waals surface area contributed by atoms with Crippen molar-refractivity contribution in [2.45, 2.75) is 0 Å². The van der Waals surface area contributed by atoms with Gasteiger partial charge in [0.2, 0.25) is 5.91 Å². The van der Waals surface area contributed by atoms with Crippen LogP contribution in [0.15, 0.2) is 54.7 Å². The van der Waals surface area contributed by atoms with Crippen molar-refractivity contribution in [3.8, 4) is 0 Å². The molecule has 114 valence electrons. The molecule has 0 bridgehead atoms. The van der Waals surface area contributed by atoms with Crippen molar-refractivity contribution in [1.29, 1.82) is 0 Å². The van der Waals surface area contributed by atoms with Crippen LogP contribution in [0.5, 0.6) is 0 Å². The first kappa shape index (κ1) is 14.9. The molecule has 3 N–H and O–H groups in total. The number of fused-ring (bicyclic) bond motifs is 1. The number of benzene rings is 2. The van der Waals surface area contributed by atoms with Crippen molar-refractivity contribution in [3.63, 3.8) is 0 Å². The predicted octanol–water partition coefficient (Wildman–Crippen LogP) is 3.05. The quantitative estimate of drug-likeness (QED) is 0.724. The maximum atomic E-state index is 12.0. The van der Waals surface area contributed by atoms with Crippen LogP contribution in [-0.2, 0) is 4.79 Å². The van der Waals surface area contributed by atoms with E-state index in [1.165, 1.54) is 12.3 Å². The normalized spacial score (nSPS) is 11.0. The molecule has 0 radical (unpaired) electrons. The monoisotopic (exact) mass is 323 g/mol. The smallest absolute Gasteiger partial charge is 0.260 e. The van der Waals surface area contributed by atoms with E-state index in [-0.39, 0.29) is 5.91 Å². The van der Waals surface area contributed by atoms with Crippen LogP contribution >= 0.6 is 11.3 Å². The highest BCUT2D eigenvalue weighted by Crippen LogP contribution is 2.20. The van der Waals surface area contributed by atoms with Crippen LogP contribution in [0.25, 0.3) is 16.8 Å². The van der Waals surface area contributed by atoms with Crippen molar-refractivity contribution >= 4 is 45.1 Å².